The number of carbonyl (C=O) groups excluding carboxylic acids is 1. The Bertz CT molecular complexity index is 1080. The second-order valence-electron chi connectivity index (χ2n) is 8.19. The van der Waals surface area contributed by atoms with E-state index in [4.69, 9.17) is 9.47 Å². The predicted octanol–water partition coefficient (Wildman–Crippen LogP) is 3.34. The van der Waals surface area contributed by atoms with Crippen LogP contribution in [0.3, 0.4) is 0 Å². The van der Waals surface area contributed by atoms with E-state index in [0.29, 0.717) is 32.2 Å². The Morgan fingerprint density at radius 2 is 1.91 bits per heavy atom. The number of nitrogens with one attached hydrogen (secondary N) is 2. The summed E-state index contributed by atoms with van der Waals surface area (Å²) in [6.07, 6.45) is -9.16. The van der Waals surface area contributed by atoms with Crippen LogP contribution >= 0.6 is 0 Å². The lowest BCUT2D eigenvalue weighted by molar-refractivity contribution is -0.153. The summed E-state index contributed by atoms with van der Waals surface area (Å²) in [7, 11) is 0. The molecule has 0 radical (unpaired) electrons. The minimum atomic E-state index is -4.94. The molecule has 2 fully saturated rings. The summed E-state index contributed by atoms with van der Waals surface area (Å²) in [5.74, 6) is -2.01. The number of ether oxygens (including phenoxy) is 3. The number of fused-ring (bicyclic) bond motifs is 1. The zero-order valence-electron chi connectivity index (χ0n) is 17.9. The Balaban J connectivity index is 1.56. The third kappa shape index (κ3) is 5.36. The summed E-state index contributed by atoms with van der Waals surface area (Å²) < 4.78 is 94.1. The summed E-state index contributed by atoms with van der Waals surface area (Å²) >= 11 is 0. The number of halogens is 6. The molecule has 2 aromatic rings. The Labute approximate surface area is 189 Å². The molecule has 186 valence electrons. The van der Waals surface area contributed by atoms with Crippen molar-refractivity contribution in [2.24, 2.45) is 0 Å². The van der Waals surface area contributed by atoms with Crippen molar-refractivity contribution >= 4 is 16.8 Å². The second kappa shape index (κ2) is 8.86. The fourth-order valence-corrected chi connectivity index (χ4v) is 4.03. The standard InChI is InChI=1S/C21H21F6N3O4/c1-11-4-16(18(31)28-8-12-7-19(9-29-12)33-2-3-34-19)30-17-14(11)5-13(32-10-20(22,23)24)6-15(17)21(25,26)27/h4-6,12,29H,2-3,7-10H2,1H3,(H,28,31). The van der Waals surface area contributed by atoms with E-state index in [-0.39, 0.29) is 29.2 Å². The fraction of sp³-hybridized carbons (Fsp3) is 0.524. The molecule has 2 N–H and O–H groups in total. The molecule has 0 bridgehead atoms. The summed E-state index contributed by atoms with van der Waals surface area (Å²) in [5, 5.41) is 5.74. The first-order chi connectivity index (χ1) is 15.9. The molecule has 4 rings (SSSR count). The summed E-state index contributed by atoms with van der Waals surface area (Å²) in [6, 6.07) is 2.61. The highest BCUT2D eigenvalue weighted by atomic mass is 19.4. The lowest BCUT2D eigenvalue weighted by atomic mass is 10.0. The van der Waals surface area contributed by atoms with Crippen LogP contribution in [0.15, 0.2) is 18.2 Å². The molecule has 7 nitrogen and oxygen atoms in total. The van der Waals surface area contributed by atoms with E-state index in [9.17, 15) is 31.1 Å². The number of hydrogen-bond acceptors (Lipinski definition) is 6. The number of rotatable bonds is 5. The molecule has 2 aliphatic heterocycles. The third-order valence-electron chi connectivity index (χ3n) is 5.57. The largest absolute Gasteiger partial charge is 0.484 e. The van der Waals surface area contributed by atoms with Gasteiger partial charge in [0.15, 0.2) is 12.4 Å². The van der Waals surface area contributed by atoms with Crippen molar-refractivity contribution in [1.29, 1.82) is 0 Å². The SMILES string of the molecule is Cc1cc(C(=O)NCC2CC3(CN2)OCCO3)nc2c(C(F)(F)F)cc(OCC(F)(F)F)cc12. The number of nitrogens with zero attached hydrogens (tertiary/aromatic N) is 1. The molecular weight excluding hydrogens is 472 g/mol. The maximum atomic E-state index is 13.7. The van der Waals surface area contributed by atoms with Crippen LogP contribution < -0.4 is 15.4 Å². The molecule has 2 aliphatic rings. The number of pyridine rings is 1. The number of carbonyl (C=O) groups is 1. The van der Waals surface area contributed by atoms with E-state index >= 15 is 0 Å². The second-order valence-corrected chi connectivity index (χ2v) is 8.19. The Morgan fingerprint density at radius 1 is 1.21 bits per heavy atom. The molecule has 1 aromatic carbocycles. The third-order valence-corrected chi connectivity index (χ3v) is 5.57. The summed E-state index contributed by atoms with van der Waals surface area (Å²) in [6.45, 7) is 1.27. The van der Waals surface area contributed by atoms with Gasteiger partial charge in [0.25, 0.3) is 5.91 Å². The maximum absolute atomic E-state index is 13.7. The van der Waals surface area contributed by atoms with E-state index in [1.54, 1.807) is 0 Å². The van der Waals surface area contributed by atoms with Gasteiger partial charge in [0.2, 0.25) is 0 Å². The Hall–Kier alpha value is -2.64. The van der Waals surface area contributed by atoms with Crippen LogP contribution in [0.2, 0.25) is 0 Å². The first kappa shape index (κ1) is 24.5. The van der Waals surface area contributed by atoms with Gasteiger partial charge in [-0.05, 0) is 30.7 Å². The number of hydrogen-bond donors (Lipinski definition) is 2. The average Bonchev–Trinajstić information content (AvgIpc) is 3.38. The molecule has 0 saturated carbocycles. The van der Waals surface area contributed by atoms with Crippen molar-refractivity contribution in [3.05, 3.63) is 35.0 Å². The number of benzene rings is 1. The zero-order chi connectivity index (χ0) is 24.7. The van der Waals surface area contributed by atoms with Crippen molar-refractivity contribution in [1.82, 2.24) is 15.6 Å². The van der Waals surface area contributed by atoms with Crippen molar-refractivity contribution < 1.29 is 45.3 Å². The van der Waals surface area contributed by atoms with E-state index in [0.717, 1.165) is 6.07 Å². The van der Waals surface area contributed by atoms with Gasteiger partial charge >= 0.3 is 12.4 Å². The van der Waals surface area contributed by atoms with Gasteiger partial charge in [-0.2, -0.15) is 26.3 Å². The van der Waals surface area contributed by atoms with Crippen molar-refractivity contribution in [2.45, 2.75) is 37.5 Å². The highest BCUT2D eigenvalue weighted by Gasteiger charge is 2.44. The van der Waals surface area contributed by atoms with Gasteiger partial charge in [0, 0.05) is 24.4 Å². The van der Waals surface area contributed by atoms with Gasteiger partial charge in [-0.25, -0.2) is 4.98 Å². The van der Waals surface area contributed by atoms with E-state index < -0.39 is 47.5 Å². The Kier molecular flexibility index (Phi) is 6.38. The molecule has 13 heteroatoms. The van der Waals surface area contributed by atoms with Crippen LogP contribution in [0, 0.1) is 6.92 Å². The fourth-order valence-electron chi connectivity index (χ4n) is 4.03. The van der Waals surface area contributed by atoms with Crippen molar-refractivity contribution in [3.8, 4) is 5.75 Å². The first-order valence-electron chi connectivity index (χ1n) is 10.4. The summed E-state index contributed by atoms with van der Waals surface area (Å²) in [4.78, 5) is 16.5. The van der Waals surface area contributed by atoms with Gasteiger partial charge in [0.1, 0.15) is 11.4 Å². The molecule has 3 heterocycles. The van der Waals surface area contributed by atoms with Crippen LogP contribution in [-0.4, -0.2) is 61.8 Å². The van der Waals surface area contributed by atoms with Crippen LogP contribution in [0.1, 0.15) is 28.0 Å². The molecule has 1 amide bonds. The maximum Gasteiger partial charge on any atom is 0.422 e. The molecule has 1 atom stereocenters. The molecule has 0 aliphatic carbocycles. The number of aryl methyl sites for hydroxylation is 1. The predicted molar refractivity (Wildman–Crippen MR) is 106 cm³/mol. The molecule has 2 saturated heterocycles. The van der Waals surface area contributed by atoms with E-state index in [1.807, 2.05) is 0 Å². The highest BCUT2D eigenvalue weighted by molar-refractivity contribution is 5.97. The van der Waals surface area contributed by atoms with Crippen molar-refractivity contribution in [2.75, 3.05) is 32.9 Å². The van der Waals surface area contributed by atoms with Crippen LogP contribution in [0.4, 0.5) is 26.3 Å². The topological polar surface area (TPSA) is 81.7 Å². The minimum absolute atomic E-state index is 0.0709. The smallest absolute Gasteiger partial charge is 0.422 e. The number of amides is 1. The van der Waals surface area contributed by atoms with E-state index in [2.05, 4.69) is 20.4 Å². The molecule has 34 heavy (non-hydrogen) atoms. The zero-order valence-corrected chi connectivity index (χ0v) is 17.9. The lowest BCUT2D eigenvalue weighted by Gasteiger charge is -2.20. The summed E-state index contributed by atoms with van der Waals surface area (Å²) in [5.41, 5.74) is -1.87. The highest BCUT2D eigenvalue weighted by Crippen LogP contribution is 2.38. The molecule has 1 spiro atoms. The van der Waals surface area contributed by atoms with Gasteiger partial charge in [-0.15, -0.1) is 0 Å². The van der Waals surface area contributed by atoms with Crippen LogP contribution in [0.25, 0.3) is 10.9 Å². The Morgan fingerprint density at radius 3 is 2.56 bits per heavy atom. The van der Waals surface area contributed by atoms with Gasteiger partial charge in [-0.1, -0.05) is 0 Å². The van der Waals surface area contributed by atoms with Gasteiger partial charge in [0.05, 0.1) is 30.8 Å². The molecular formula is C21H21F6N3O4. The van der Waals surface area contributed by atoms with Crippen molar-refractivity contribution in [3.63, 3.8) is 0 Å². The average molecular weight is 493 g/mol. The van der Waals surface area contributed by atoms with Crippen LogP contribution in [0.5, 0.6) is 5.75 Å². The van der Waals surface area contributed by atoms with Gasteiger partial charge in [-0.3, -0.25) is 4.79 Å². The quantitative estimate of drug-likeness (QED) is 0.622. The molecule has 1 aromatic heterocycles. The molecule has 1 unspecified atom stereocenters. The monoisotopic (exact) mass is 493 g/mol. The first-order valence-corrected chi connectivity index (χ1v) is 10.4. The lowest BCUT2D eigenvalue weighted by Crippen LogP contribution is -2.37. The minimum Gasteiger partial charge on any atom is -0.484 e. The van der Waals surface area contributed by atoms with Gasteiger partial charge < -0.3 is 24.8 Å². The van der Waals surface area contributed by atoms with Crippen LogP contribution in [-0.2, 0) is 15.7 Å². The number of alkyl halides is 6. The number of aromatic nitrogens is 1. The van der Waals surface area contributed by atoms with E-state index in [1.165, 1.54) is 13.0 Å². The normalized spacial score (nSPS) is 20.3.